The second kappa shape index (κ2) is 15.5. The van der Waals surface area contributed by atoms with Gasteiger partial charge in [0.25, 0.3) is 0 Å². The van der Waals surface area contributed by atoms with Crippen LogP contribution in [0.25, 0.3) is 0 Å². The van der Waals surface area contributed by atoms with Crippen LogP contribution in [-0.4, -0.2) is 50.5 Å². The van der Waals surface area contributed by atoms with E-state index in [4.69, 9.17) is 0 Å². The fraction of sp³-hybridized carbons (Fsp3) is 0.394. The number of anilines is 1. The Balaban J connectivity index is 1.87. The lowest BCUT2D eigenvalue weighted by molar-refractivity contribution is -0.141. The van der Waals surface area contributed by atoms with Gasteiger partial charge in [0.05, 0.1) is 11.9 Å². The summed E-state index contributed by atoms with van der Waals surface area (Å²) in [4.78, 5) is 28.9. The van der Waals surface area contributed by atoms with Crippen LogP contribution in [0.5, 0.6) is 0 Å². The Morgan fingerprint density at radius 2 is 1.60 bits per heavy atom. The van der Waals surface area contributed by atoms with Crippen LogP contribution in [0.15, 0.2) is 72.8 Å². The monoisotopic (exact) mass is 595 g/mol. The summed E-state index contributed by atoms with van der Waals surface area (Å²) in [5.74, 6) is -0.919. The number of halogens is 1. The lowest BCUT2D eigenvalue weighted by Gasteiger charge is -2.32. The molecule has 0 saturated heterocycles. The van der Waals surface area contributed by atoms with Crippen LogP contribution in [0.2, 0.25) is 0 Å². The summed E-state index contributed by atoms with van der Waals surface area (Å²) in [6.07, 6.45) is 3.49. The Morgan fingerprint density at radius 3 is 2.21 bits per heavy atom. The minimum Gasteiger partial charge on any atom is -0.354 e. The highest BCUT2D eigenvalue weighted by Gasteiger charge is 2.30. The maximum atomic E-state index is 13.9. The van der Waals surface area contributed by atoms with Gasteiger partial charge < -0.3 is 10.2 Å². The first kappa shape index (κ1) is 32.8. The Bertz CT molecular complexity index is 1430. The molecule has 2 amide bonds. The highest BCUT2D eigenvalue weighted by Crippen LogP contribution is 2.23. The molecule has 3 rings (SSSR count). The van der Waals surface area contributed by atoms with Crippen LogP contribution < -0.4 is 9.62 Å². The molecule has 1 N–H and O–H groups in total. The van der Waals surface area contributed by atoms with Gasteiger partial charge in [-0.3, -0.25) is 13.9 Å². The van der Waals surface area contributed by atoms with Crippen molar-refractivity contribution >= 4 is 27.5 Å². The van der Waals surface area contributed by atoms with Crippen LogP contribution >= 0.6 is 0 Å². The van der Waals surface area contributed by atoms with Gasteiger partial charge in [0.15, 0.2) is 0 Å². The van der Waals surface area contributed by atoms with Gasteiger partial charge in [0.2, 0.25) is 21.8 Å². The largest absolute Gasteiger partial charge is 0.354 e. The molecule has 0 radical (unpaired) electrons. The number of carbonyl (C=O) groups excluding carboxylic acids is 2. The molecule has 0 aliphatic carbocycles. The second-order valence-electron chi connectivity index (χ2n) is 10.7. The molecule has 226 valence electrons. The number of hydrogen-bond acceptors (Lipinski definition) is 4. The van der Waals surface area contributed by atoms with E-state index < -0.39 is 16.1 Å². The maximum Gasteiger partial charge on any atom is 0.243 e. The molecule has 1 atom stereocenters. The number of aryl methyl sites for hydroxylation is 2. The van der Waals surface area contributed by atoms with E-state index >= 15 is 0 Å². The lowest BCUT2D eigenvalue weighted by Crippen LogP contribution is -2.50. The lowest BCUT2D eigenvalue weighted by atomic mass is 10.0. The normalized spacial score (nSPS) is 12.0. The minimum absolute atomic E-state index is 0.0333. The van der Waals surface area contributed by atoms with Crippen molar-refractivity contribution in [1.82, 2.24) is 10.2 Å². The minimum atomic E-state index is -3.59. The second-order valence-corrected chi connectivity index (χ2v) is 12.6. The number of nitrogens with zero attached hydrogens (tertiary/aromatic N) is 2. The van der Waals surface area contributed by atoms with Crippen molar-refractivity contribution in [2.75, 3.05) is 23.7 Å². The number of sulfonamides is 1. The molecule has 0 aliphatic rings. The van der Waals surface area contributed by atoms with E-state index in [0.29, 0.717) is 24.2 Å². The molecule has 3 aromatic rings. The first-order valence-corrected chi connectivity index (χ1v) is 16.2. The number of hydrogen-bond donors (Lipinski definition) is 1. The van der Waals surface area contributed by atoms with Gasteiger partial charge in [-0.05, 0) is 73.2 Å². The topological polar surface area (TPSA) is 86.8 Å². The molecule has 0 bridgehead atoms. The van der Waals surface area contributed by atoms with Gasteiger partial charge in [-0.2, -0.15) is 0 Å². The van der Waals surface area contributed by atoms with Crippen LogP contribution in [0.1, 0.15) is 54.9 Å². The van der Waals surface area contributed by atoms with E-state index in [2.05, 4.69) is 5.32 Å². The van der Waals surface area contributed by atoms with Gasteiger partial charge in [0.1, 0.15) is 11.9 Å². The van der Waals surface area contributed by atoms with E-state index in [1.807, 2.05) is 63.2 Å². The maximum absolute atomic E-state index is 13.9. The molecular weight excluding hydrogens is 553 g/mol. The van der Waals surface area contributed by atoms with E-state index in [1.165, 1.54) is 16.4 Å². The average Bonchev–Trinajstić information content (AvgIpc) is 2.95. The van der Waals surface area contributed by atoms with Crippen molar-refractivity contribution in [2.24, 2.45) is 0 Å². The zero-order valence-electron chi connectivity index (χ0n) is 25.0. The number of carbonyl (C=O) groups is 2. The molecule has 9 heteroatoms. The van der Waals surface area contributed by atoms with E-state index in [-0.39, 0.29) is 43.6 Å². The zero-order chi connectivity index (χ0) is 30.7. The van der Waals surface area contributed by atoms with Crippen LogP contribution in [0, 0.1) is 19.7 Å². The Kier molecular flexibility index (Phi) is 12.1. The van der Waals surface area contributed by atoms with Crippen molar-refractivity contribution in [3.05, 3.63) is 101 Å². The number of unbranched alkanes of at least 4 members (excludes halogenated alkanes) is 1. The van der Waals surface area contributed by atoms with E-state index in [9.17, 15) is 22.4 Å². The third kappa shape index (κ3) is 9.69. The number of nitrogens with one attached hydrogen (secondary N) is 1. The fourth-order valence-corrected chi connectivity index (χ4v) is 5.69. The van der Waals surface area contributed by atoms with Gasteiger partial charge in [-0.1, -0.05) is 61.9 Å². The number of benzene rings is 3. The molecule has 1 unspecified atom stereocenters. The number of rotatable bonds is 15. The summed E-state index contributed by atoms with van der Waals surface area (Å²) in [7, 11) is -3.59. The summed E-state index contributed by atoms with van der Waals surface area (Å²) < 4.78 is 40.3. The quantitative estimate of drug-likeness (QED) is 0.234. The summed E-state index contributed by atoms with van der Waals surface area (Å²) >= 11 is 0. The third-order valence-electron chi connectivity index (χ3n) is 7.30. The first-order valence-electron chi connectivity index (χ1n) is 14.4. The molecule has 0 saturated carbocycles. The fourth-order valence-electron chi connectivity index (χ4n) is 4.73. The number of amides is 2. The molecule has 0 aromatic heterocycles. The molecule has 0 aliphatic heterocycles. The van der Waals surface area contributed by atoms with Crippen molar-refractivity contribution in [1.29, 1.82) is 0 Å². The summed E-state index contributed by atoms with van der Waals surface area (Å²) in [6.45, 7) is 6.65. The zero-order valence-corrected chi connectivity index (χ0v) is 25.8. The molecule has 0 spiro atoms. The standard InChI is InChI=1S/C33H42FN3O4S/c1-5-6-20-35-33(39)31(23-27-11-8-7-9-12-27)36(24-28-15-17-29(34)18-16-28)32(38)13-10-21-37(42(4,40)41)30-19-14-25(2)26(3)22-30/h7-9,11-12,14-19,22,31H,5-6,10,13,20-21,23-24H2,1-4H3,(H,35,39). The van der Waals surface area contributed by atoms with Gasteiger partial charge in [-0.15, -0.1) is 0 Å². The predicted molar refractivity (Wildman–Crippen MR) is 166 cm³/mol. The van der Waals surface area contributed by atoms with Crippen molar-refractivity contribution in [3.63, 3.8) is 0 Å². The molecule has 3 aromatic carbocycles. The van der Waals surface area contributed by atoms with Crippen molar-refractivity contribution in [2.45, 2.75) is 65.5 Å². The third-order valence-corrected chi connectivity index (χ3v) is 8.49. The van der Waals surface area contributed by atoms with Gasteiger partial charge in [0, 0.05) is 32.5 Å². The predicted octanol–water partition coefficient (Wildman–Crippen LogP) is 5.55. The summed E-state index contributed by atoms with van der Waals surface area (Å²) in [6, 6.07) is 20.1. The van der Waals surface area contributed by atoms with Gasteiger partial charge in [-0.25, -0.2) is 12.8 Å². The van der Waals surface area contributed by atoms with E-state index in [0.717, 1.165) is 35.8 Å². The highest BCUT2D eigenvalue weighted by molar-refractivity contribution is 7.92. The summed E-state index contributed by atoms with van der Waals surface area (Å²) in [5, 5.41) is 2.98. The average molecular weight is 596 g/mol. The molecule has 7 nitrogen and oxygen atoms in total. The van der Waals surface area contributed by atoms with Gasteiger partial charge >= 0.3 is 0 Å². The Hall–Kier alpha value is -3.72. The summed E-state index contributed by atoms with van der Waals surface area (Å²) in [5.41, 5.74) is 4.18. The van der Waals surface area contributed by atoms with Crippen LogP contribution in [-0.2, 0) is 32.6 Å². The Morgan fingerprint density at radius 1 is 0.905 bits per heavy atom. The molecular formula is C33H42FN3O4S. The van der Waals surface area contributed by atoms with E-state index in [1.54, 1.807) is 23.1 Å². The van der Waals surface area contributed by atoms with Crippen molar-refractivity contribution < 1.29 is 22.4 Å². The van der Waals surface area contributed by atoms with Crippen molar-refractivity contribution in [3.8, 4) is 0 Å². The molecule has 0 heterocycles. The SMILES string of the molecule is CCCCNC(=O)C(Cc1ccccc1)N(Cc1ccc(F)cc1)C(=O)CCCN(c1ccc(C)c(C)c1)S(C)(=O)=O. The highest BCUT2D eigenvalue weighted by atomic mass is 32.2. The molecule has 0 fully saturated rings. The Labute approximate surface area is 249 Å². The van der Waals surface area contributed by atoms with Crippen LogP contribution in [0.4, 0.5) is 10.1 Å². The van der Waals surface area contributed by atoms with Crippen LogP contribution in [0.3, 0.4) is 0 Å². The molecule has 42 heavy (non-hydrogen) atoms. The first-order chi connectivity index (χ1) is 20.0. The smallest absolute Gasteiger partial charge is 0.243 e.